The fourth-order valence-electron chi connectivity index (χ4n) is 2.06. The van der Waals surface area contributed by atoms with E-state index < -0.39 is 5.54 Å². The van der Waals surface area contributed by atoms with Crippen molar-refractivity contribution in [3.8, 4) is 0 Å². The third-order valence-corrected chi connectivity index (χ3v) is 3.18. The van der Waals surface area contributed by atoms with Crippen molar-refractivity contribution in [2.45, 2.75) is 25.3 Å². The van der Waals surface area contributed by atoms with Crippen LogP contribution in [0.5, 0.6) is 0 Å². The Morgan fingerprint density at radius 2 is 2.24 bits per heavy atom. The van der Waals surface area contributed by atoms with Crippen LogP contribution in [0.15, 0.2) is 48.2 Å². The van der Waals surface area contributed by atoms with Crippen molar-refractivity contribution in [2.24, 2.45) is 5.73 Å². The molecule has 1 aliphatic rings. The second-order valence-corrected chi connectivity index (χ2v) is 4.47. The number of aromatic nitrogens is 1. The summed E-state index contributed by atoms with van der Waals surface area (Å²) in [5.74, 6) is -0.237. The first-order chi connectivity index (χ1) is 8.04. The van der Waals surface area contributed by atoms with Gasteiger partial charge in [-0.15, -0.1) is 0 Å². The minimum atomic E-state index is -0.978. The van der Waals surface area contributed by atoms with Crippen LogP contribution in [0.3, 0.4) is 0 Å². The van der Waals surface area contributed by atoms with Gasteiger partial charge in [-0.2, -0.15) is 0 Å². The van der Waals surface area contributed by atoms with Gasteiger partial charge in [-0.05, 0) is 26.0 Å². The zero-order valence-corrected chi connectivity index (χ0v) is 10.1. The van der Waals surface area contributed by atoms with E-state index >= 15 is 0 Å². The Hall–Kier alpha value is -1.74. The quantitative estimate of drug-likeness (QED) is 0.842. The molecule has 3 heteroatoms. The number of carbonyl (C=O) groups excluding carboxylic acids is 1. The molecule has 0 spiro atoms. The number of nitrogens with zero attached hydrogens (tertiary/aromatic N) is 1. The fraction of sp³-hybridized carbons (Fsp3) is 0.286. The third-order valence-electron chi connectivity index (χ3n) is 3.18. The molecule has 2 N–H and O–H groups in total. The highest BCUT2D eigenvalue weighted by atomic mass is 16.1. The maximum Gasteiger partial charge on any atom is 0.154 e. The number of hydrogen-bond donors (Lipinski definition) is 1. The summed E-state index contributed by atoms with van der Waals surface area (Å²) in [7, 11) is 0. The van der Waals surface area contributed by atoms with Crippen LogP contribution in [-0.4, -0.2) is 16.3 Å². The standard InChI is InChI=1S/C14H16N2O/c1-10-6-7-14(15,11(2)17)12(9-10)13-5-3-4-8-16-13/h3-9,12H,15H2,1-2H3. The van der Waals surface area contributed by atoms with Gasteiger partial charge in [0.2, 0.25) is 0 Å². The SMILES string of the molecule is CC(=O)C1(N)C=CC(C)=CC1c1ccccn1. The summed E-state index contributed by atoms with van der Waals surface area (Å²) >= 11 is 0. The molecule has 0 amide bonds. The van der Waals surface area contributed by atoms with Gasteiger partial charge in [0, 0.05) is 17.8 Å². The monoisotopic (exact) mass is 228 g/mol. The molecule has 1 heterocycles. The Balaban J connectivity index is 2.49. The summed E-state index contributed by atoms with van der Waals surface area (Å²) in [6.45, 7) is 3.51. The number of pyridine rings is 1. The van der Waals surface area contributed by atoms with E-state index in [0.717, 1.165) is 11.3 Å². The lowest BCUT2D eigenvalue weighted by Gasteiger charge is -2.33. The van der Waals surface area contributed by atoms with Gasteiger partial charge in [0.25, 0.3) is 0 Å². The second-order valence-electron chi connectivity index (χ2n) is 4.47. The van der Waals surface area contributed by atoms with Gasteiger partial charge in [0.15, 0.2) is 5.78 Å². The van der Waals surface area contributed by atoms with E-state index in [2.05, 4.69) is 4.98 Å². The number of ketones is 1. The predicted molar refractivity (Wildman–Crippen MR) is 67.5 cm³/mol. The summed E-state index contributed by atoms with van der Waals surface area (Å²) < 4.78 is 0. The topological polar surface area (TPSA) is 56.0 Å². The van der Waals surface area contributed by atoms with Crippen LogP contribution in [0.1, 0.15) is 25.5 Å². The Labute approximate surface area is 101 Å². The molecule has 17 heavy (non-hydrogen) atoms. The average molecular weight is 228 g/mol. The normalized spacial score (nSPS) is 27.7. The first kappa shape index (κ1) is 11.7. The Kier molecular flexibility index (Phi) is 2.94. The van der Waals surface area contributed by atoms with Crippen molar-refractivity contribution in [1.29, 1.82) is 0 Å². The van der Waals surface area contributed by atoms with Gasteiger partial charge < -0.3 is 5.73 Å². The molecule has 2 rings (SSSR count). The van der Waals surface area contributed by atoms with Gasteiger partial charge in [0.05, 0.1) is 0 Å². The van der Waals surface area contributed by atoms with E-state index in [1.807, 2.05) is 37.3 Å². The number of rotatable bonds is 2. The van der Waals surface area contributed by atoms with Gasteiger partial charge >= 0.3 is 0 Å². The second kappa shape index (κ2) is 4.26. The Morgan fingerprint density at radius 1 is 1.47 bits per heavy atom. The molecule has 2 unspecified atom stereocenters. The summed E-state index contributed by atoms with van der Waals surface area (Å²) in [6.07, 6.45) is 7.39. The summed E-state index contributed by atoms with van der Waals surface area (Å²) in [4.78, 5) is 16.1. The Bertz CT molecular complexity index is 490. The van der Waals surface area contributed by atoms with Crippen molar-refractivity contribution in [3.05, 3.63) is 53.9 Å². The summed E-state index contributed by atoms with van der Waals surface area (Å²) in [5, 5.41) is 0. The summed E-state index contributed by atoms with van der Waals surface area (Å²) in [6, 6.07) is 5.66. The fourth-order valence-corrected chi connectivity index (χ4v) is 2.06. The number of nitrogens with two attached hydrogens (primary N) is 1. The van der Waals surface area contributed by atoms with E-state index in [4.69, 9.17) is 5.73 Å². The molecule has 2 atom stereocenters. The molecule has 0 aliphatic heterocycles. The van der Waals surface area contributed by atoms with E-state index in [1.165, 1.54) is 6.92 Å². The van der Waals surface area contributed by atoms with Gasteiger partial charge in [-0.3, -0.25) is 9.78 Å². The van der Waals surface area contributed by atoms with Gasteiger partial charge in [-0.25, -0.2) is 0 Å². The lowest BCUT2D eigenvalue weighted by molar-refractivity contribution is -0.120. The van der Waals surface area contributed by atoms with Crippen LogP contribution in [0.4, 0.5) is 0 Å². The van der Waals surface area contributed by atoms with Crippen molar-refractivity contribution in [2.75, 3.05) is 0 Å². The van der Waals surface area contributed by atoms with E-state index in [0.29, 0.717) is 0 Å². The predicted octanol–water partition coefficient (Wildman–Crippen LogP) is 1.97. The van der Waals surface area contributed by atoms with E-state index in [-0.39, 0.29) is 11.7 Å². The Morgan fingerprint density at radius 3 is 2.82 bits per heavy atom. The molecule has 0 saturated carbocycles. The van der Waals surface area contributed by atoms with Crippen LogP contribution < -0.4 is 5.73 Å². The number of Topliss-reactive ketones (excluding diaryl/α,β-unsaturated/α-hetero) is 1. The molecule has 0 radical (unpaired) electrons. The first-order valence-electron chi connectivity index (χ1n) is 5.62. The van der Waals surface area contributed by atoms with Crippen molar-refractivity contribution in [3.63, 3.8) is 0 Å². The van der Waals surface area contributed by atoms with Crippen molar-refractivity contribution < 1.29 is 4.79 Å². The van der Waals surface area contributed by atoms with E-state index in [9.17, 15) is 4.79 Å². The van der Waals surface area contributed by atoms with E-state index in [1.54, 1.807) is 12.3 Å². The minimum Gasteiger partial charge on any atom is -0.315 e. The molecule has 0 bridgehead atoms. The molecule has 0 saturated heterocycles. The molecule has 1 aromatic heterocycles. The van der Waals surface area contributed by atoms with Crippen LogP contribution in [0.2, 0.25) is 0 Å². The molecule has 88 valence electrons. The highest BCUT2D eigenvalue weighted by molar-refractivity contribution is 5.90. The number of carbonyl (C=O) groups is 1. The molecule has 1 aromatic rings. The lowest BCUT2D eigenvalue weighted by Crippen LogP contribution is -2.50. The van der Waals surface area contributed by atoms with Crippen molar-refractivity contribution in [1.82, 2.24) is 4.98 Å². The molecule has 3 nitrogen and oxygen atoms in total. The maximum atomic E-state index is 11.8. The molecule has 1 aliphatic carbocycles. The third kappa shape index (κ3) is 2.06. The van der Waals surface area contributed by atoms with Gasteiger partial charge in [0.1, 0.15) is 5.54 Å². The average Bonchev–Trinajstić information content (AvgIpc) is 2.33. The maximum absolute atomic E-state index is 11.8. The molecule has 0 aromatic carbocycles. The van der Waals surface area contributed by atoms with Crippen LogP contribution >= 0.6 is 0 Å². The highest BCUT2D eigenvalue weighted by Crippen LogP contribution is 2.33. The zero-order chi connectivity index (χ0) is 12.5. The lowest BCUT2D eigenvalue weighted by atomic mass is 9.75. The largest absolute Gasteiger partial charge is 0.315 e. The smallest absolute Gasteiger partial charge is 0.154 e. The summed E-state index contributed by atoms with van der Waals surface area (Å²) in [5.41, 5.74) is 7.17. The first-order valence-corrected chi connectivity index (χ1v) is 5.62. The van der Waals surface area contributed by atoms with Crippen molar-refractivity contribution >= 4 is 5.78 Å². The highest BCUT2D eigenvalue weighted by Gasteiger charge is 2.39. The zero-order valence-electron chi connectivity index (χ0n) is 10.1. The molecular formula is C14H16N2O. The molecular weight excluding hydrogens is 212 g/mol. The van der Waals surface area contributed by atoms with Gasteiger partial charge in [-0.1, -0.05) is 29.9 Å². The minimum absolute atomic E-state index is 0.0480. The number of allylic oxidation sites excluding steroid dienone is 2. The molecule has 0 fully saturated rings. The number of hydrogen-bond acceptors (Lipinski definition) is 3. The van der Waals surface area contributed by atoms with Crippen LogP contribution in [-0.2, 0) is 4.79 Å². The van der Waals surface area contributed by atoms with Crippen LogP contribution in [0.25, 0.3) is 0 Å². The van der Waals surface area contributed by atoms with Crippen LogP contribution in [0, 0.1) is 0 Å².